The first-order valence-corrected chi connectivity index (χ1v) is 8.12. The van der Waals surface area contributed by atoms with E-state index >= 15 is 0 Å². The first-order chi connectivity index (χ1) is 9.79. The van der Waals surface area contributed by atoms with Crippen molar-refractivity contribution in [3.8, 4) is 0 Å². The number of nitrogens with two attached hydrogens (primary N) is 1. The molecule has 3 nitrogen and oxygen atoms in total. The van der Waals surface area contributed by atoms with Gasteiger partial charge in [-0.05, 0) is 47.5 Å². The van der Waals surface area contributed by atoms with Crippen molar-refractivity contribution in [3.05, 3.63) is 52.0 Å². The van der Waals surface area contributed by atoms with E-state index in [-0.39, 0.29) is 12.1 Å². The van der Waals surface area contributed by atoms with E-state index in [4.69, 9.17) is 5.73 Å². The van der Waals surface area contributed by atoms with E-state index in [0.717, 1.165) is 25.9 Å². The van der Waals surface area contributed by atoms with Crippen LogP contribution >= 0.6 is 11.3 Å². The van der Waals surface area contributed by atoms with E-state index in [9.17, 15) is 0 Å². The molecule has 2 N–H and O–H groups in total. The lowest BCUT2D eigenvalue weighted by molar-refractivity contribution is 0.154. The molecule has 2 unspecified atom stereocenters. The summed E-state index contributed by atoms with van der Waals surface area (Å²) < 4.78 is 0. The van der Waals surface area contributed by atoms with E-state index < -0.39 is 0 Å². The van der Waals surface area contributed by atoms with E-state index in [1.807, 2.05) is 23.7 Å². The van der Waals surface area contributed by atoms with Gasteiger partial charge in [0.05, 0.1) is 6.04 Å². The molecule has 0 spiro atoms. The van der Waals surface area contributed by atoms with Gasteiger partial charge in [-0.15, -0.1) is 11.3 Å². The number of thiophene rings is 1. The first-order valence-electron chi connectivity index (χ1n) is 7.24. The van der Waals surface area contributed by atoms with Gasteiger partial charge in [0, 0.05) is 36.4 Å². The smallest absolute Gasteiger partial charge is 0.0503 e. The maximum Gasteiger partial charge on any atom is 0.0503 e. The Hall–Kier alpha value is -1.23. The summed E-state index contributed by atoms with van der Waals surface area (Å²) in [4.78, 5) is 8.20. The van der Waals surface area contributed by atoms with Crippen LogP contribution in [0.3, 0.4) is 0 Å². The Bertz CT molecular complexity index is 552. The van der Waals surface area contributed by atoms with Crippen molar-refractivity contribution in [2.24, 2.45) is 5.73 Å². The zero-order valence-electron chi connectivity index (χ0n) is 11.8. The van der Waals surface area contributed by atoms with Crippen LogP contribution in [0.15, 0.2) is 36.0 Å². The van der Waals surface area contributed by atoms with Crippen LogP contribution in [0, 0.1) is 0 Å². The number of aromatic nitrogens is 1. The number of pyridine rings is 1. The topological polar surface area (TPSA) is 42.1 Å². The van der Waals surface area contributed by atoms with Gasteiger partial charge in [-0.3, -0.25) is 9.88 Å². The number of hydrogen-bond acceptors (Lipinski definition) is 4. The van der Waals surface area contributed by atoms with Crippen molar-refractivity contribution in [1.29, 1.82) is 0 Å². The van der Waals surface area contributed by atoms with Gasteiger partial charge in [-0.2, -0.15) is 0 Å². The van der Waals surface area contributed by atoms with Crippen molar-refractivity contribution >= 4 is 11.3 Å². The van der Waals surface area contributed by atoms with Crippen molar-refractivity contribution in [2.45, 2.75) is 38.4 Å². The van der Waals surface area contributed by atoms with Crippen LogP contribution in [0.1, 0.15) is 35.4 Å². The molecule has 0 aliphatic carbocycles. The van der Waals surface area contributed by atoms with E-state index in [2.05, 4.69) is 40.4 Å². The summed E-state index contributed by atoms with van der Waals surface area (Å²) in [6.45, 7) is 4.27. The van der Waals surface area contributed by atoms with Gasteiger partial charge in [-0.25, -0.2) is 0 Å². The van der Waals surface area contributed by atoms with Crippen LogP contribution in [0.2, 0.25) is 0 Å². The van der Waals surface area contributed by atoms with Crippen LogP contribution in [-0.2, 0) is 13.0 Å². The highest BCUT2D eigenvalue weighted by atomic mass is 32.1. The van der Waals surface area contributed by atoms with Crippen LogP contribution in [-0.4, -0.2) is 22.5 Å². The Labute approximate surface area is 124 Å². The Morgan fingerprint density at radius 2 is 2.15 bits per heavy atom. The van der Waals surface area contributed by atoms with Gasteiger partial charge >= 0.3 is 0 Å². The third-order valence-electron chi connectivity index (χ3n) is 4.16. The lowest BCUT2D eigenvalue weighted by Crippen LogP contribution is -2.43. The summed E-state index contributed by atoms with van der Waals surface area (Å²) in [5.74, 6) is 0. The second kappa shape index (κ2) is 6.04. The molecule has 3 rings (SSSR count). The maximum atomic E-state index is 6.42. The normalized spacial score (nSPS) is 18.5. The first kappa shape index (κ1) is 13.7. The molecule has 4 heteroatoms. The van der Waals surface area contributed by atoms with Crippen molar-refractivity contribution in [2.75, 3.05) is 6.54 Å². The average molecular weight is 287 g/mol. The average Bonchev–Trinajstić information content (AvgIpc) is 2.96. The highest BCUT2D eigenvalue weighted by Gasteiger charge is 2.28. The molecule has 2 aromatic heterocycles. The van der Waals surface area contributed by atoms with E-state index in [1.165, 1.54) is 11.1 Å². The number of nitrogens with zero attached hydrogens (tertiary/aromatic N) is 2. The molecule has 0 radical (unpaired) electrons. The molecule has 0 fully saturated rings. The molecule has 0 saturated heterocycles. The molecular formula is C16H21N3S. The zero-order valence-corrected chi connectivity index (χ0v) is 12.6. The Morgan fingerprint density at radius 1 is 1.35 bits per heavy atom. The lowest BCUT2D eigenvalue weighted by Gasteiger charge is -2.38. The number of fused-ring (bicyclic) bond motifs is 1. The fourth-order valence-corrected chi connectivity index (χ4v) is 3.91. The highest BCUT2D eigenvalue weighted by Crippen LogP contribution is 2.32. The summed E-state index contributed by atoms with van der Waals surface area (Å²) in [5.41, 5.74) is 9.18. The molecule has 0 bridgehead atoms. The Kier molecular flexibility index (Phi) is 4.15. The van der Waals surface area contributed by atoms with Gasteiger partial charge in [0.15, 0.2) is 0 Å². The van der Waals surface area contributed by atoms with Gasteiger partial charge in [0.2, 0.25) is 0 Å². The second-order valence-corrected chi connectivity index (χ2v) is 6.39. The molecule has 1 aliphatic rings. The summed E-state index contributed by atoms with van der Waals surface area (Å²) in [7, 11) is 0. The van der Waals surface area contributed by atoms with Crippen molar-refractivity contribution in [1.82, 2.24) is 9.88 Å². The zero-order chi connectivity index (χ0) is 13.9. The van der Waals surface area contributed by atoms with Crippen molar-refractivity contribution < 1.29 is 0 Å². The van der Waals surface area contributed by atoms with E-state index in [1.54, 1.807) is 4.88 Å². The van der Waals surface area contributed by atoms with Crippen LogP contribution in [0.4, 0.5) is 0 Å². The monoisotopic (exact) mass is 287 g/mol. The fraction of sp³-hybridized carbons (Fsp3) is 0.438. The molecule has 0 aromatic carbocycles. The van der Waals surface area contributed by atoms with Gasteiger partial charge < -0.3 is 5.73 Å². The standard InChI is InChI=1S/C16H21N3S/c1-2-14(17)16(12-3-7-18-8-4-12)19-9-5-15-13(11-19)6-10-20-15/h3-4,6-8,10,14,16H,2,5,9,11,17H2,1H3. The van der Waals surface area contributed by atoms with Gasteiger partial charge in [0.1, 0.15) is 0 Å². The summed E-state index contributed by atoms with van der Waals surface area (Å²) >= 11 is 1.88. The third kappa shape index (κ3) is 2.64. The molecule has 3 heterocycles. The van der Waals surface area contributed by atoms with Crippen LogP contribution in [0.25, 0.3) is 0 Å². The Morgan fingerprint density at radius 3 is 2.90 bits per heavy atom. The SMILES string of the molecule is CCC(N)C(c1ccncc1)N1CCc2sccc2C1. The third-order valence-corrected chi connectivity index (χ3v) is 5.18. The highest BCUT2D eigenvalue weighted by molar-refractivity contribution is 7.10. The molecule has 0 saturated carbocycles. The molecule has 0 amide bonds. The van der Waals surface area contributed by atoms with Gasteiger partial charge in [-0.1, -0.05) is 6.92 Å². The maximum absolute atomic E-state index is 6.42. The minimum Gasteiger partial charge on any atom is -0.326 e. The summed E-state index contributed by atoms with van der Waals surface area (Å²) in [6, 6.07) is 6.91. The molecule has 20 heavy (non-hydrogen) atoms. The van der Waals surface area contributed by atoms with Crippen LogP contribution < -0.4 is 5.73 Å². The minimum absolute atomic E-state index is 0.164. The van der Waals surface area contributed by atoms with E-state index in [0.29, 0.717) is 0 Å². The summed E-state index contributed by atoms with van der Waals surface area (Å²) in [6.07, 6.45) is 5.86. The molecule has 1 aliphatic heterocycles. The minimum atomic E-state index is 0.164. The second-order valence-electron chi connectivity index (χ2n) is 5.39. The molecule has 2 aromatic rings. The predicted molar refractivity (Wildman–Crippen MR) is 83.7 cm³/mol. The van der Waals surface area contributed by atoms with Gasteiger partial charge in [0.25, 0.3) is 0 Å². The summed E-state index contributed by atoms with van der Waals surface area (Å²) in [5, 5.41) is 2.20. The number of hydrogen-bond donors (Lipinski definition) is 1. The lowest BCUT2D eigenvalue weighted by atomic mass is 9.95. The van der Waals surface area contributed by atoms with Crippen molar-refractivity contribution in [3.63, 3.8) is 0 Å². The number of rotatable bonds is 4. The molecule has 2 atom stereocenters. The Balaban J connectivity index is 1.87. The predicted octanol–water partition coefficient (Wildman–Crippen LogP) is 2.98. The molecule has 106 valence electrons. The molecular weight excluding hydrogens is 266 g/mol. The largest absolute Gasteiger partial charge is 0.326 e. The van der Waals surface area contributed by atoms with Crippen LogP contribution in [0.5, 0.6) is 0 Å². The fourth-order valence-electron chi connectivity index (χ4n) is 3.02. The quantitative estimate of drug-likeness (QED) is 0.940.